The summed E-state index contributed by atoms with van der Waals surface area (Å²) in [5, 5.41) is 0. The molecule has 0 aliphatic carbocycles. The van der Waals surface area contributed by atoms with Gasteiger partial charge in [0.1, 0.15) is 0 Å². The second-order valence-corrected chi connectivity index (χ2v) is 4.69. The Bertz CT molecular complexity index is 397. The molecule has 1 aliphatic heterocycles. The topological polar surface area (TPSA) is 42.4 Å². The summed E-state index contributed by atoms with van der Waals surface area (Å²) >= 11 is 0. The molecular formula is C14H20N2O2. The predicted octanol–water partition coefficient (Wildman–Crippen LogP) is 2.07. The number of pyridine rings is 1. The van der Waals surface area contributed by atoms with Crippen LogP contribution in [0.2, 0.25) is 0 Å². The Kier molecular flexibility index (Phi) is 4.31. The zero-order chi connectivity index (χ0) is 13.0. The molecule has 0 aromatic carbocycles. The first-order valence-corrected chi connectivity index (χ1v) is 6.55. The maximum atomic E-state index is 12.2. The predicted molar refractivity (Wildman–Crippen MR) is 69.7 cm³/mol. The number of nitrogens with zero attached hydrogens (tertiary/aromatic N) is 2. The number of hydrogen-bond acceptors (Lipinski definition) is 3. The quantitative estimate of drug-likeness (QED) is 0.822. The van der Waals surface area contributed by atoms with Gasteiger partial charge in [-0.15, -0.1) is 0 Å². The van der Waals surface area contributed by atoms with Crippen LogP contribution in [-0.4, -0.2) is 42.1 Å². The minimum atomic E-state index is 0.0569. The molecule has 1 unspecified atom stereocenters. The summed E-state index contributed by atoms with van der Waals surface area (Å²) in [7, 11) is 0. The Labute approximate surface area is 108 Å². The number of ether oxygens (including phenoxy) is 1. The highest BCUT2D eigenvalue weighted by molar-refractivity contribution is 5.94. The molecule has 4 heteroatoms. The Morgan fingerprint density at radius 2 is 2.17 bits per heavy atom. The summed E-state index contributed by atoms with van der Waals surface area (Å²) < 4.78 is 5.24. The number of morpholine rings is 1. The zero-order valence-electron chi connectivity index (χ0n) is 11.1. The Balaban J connectivity index is 2.06. The average Bonchev–Trinajstić information content (AvgIpc) is 2.47. The van der Waals surface area contributed by atoms with E-state index < -0.39 is 0 Å². The van der Waals surface area contributed by atoms with Crippen molar-refractivity contribution in [2.24, 2.45) is 0 Å². The van der Waals surface area contributed by atoms with Gasteiger partial charge in [-0.1, -0.05) is 13.8 Å². The van der Waals surface area contributed by atoms with E-state index in [4.69, 9.17) is 4.74 Å². The monoisotopic (exact) mass is 248 g/mol. The summed E-state index contributed by atoms with van der Waals surface area (Å²) in [4.78, 5) is 18.4. The van der Waals surface area contributed by atoms with Crippen molar-refractivity contribution in [3.8, 4) is 0 Å². The molecule has 98 valence electrons. The van der Waals surface area contributed by atoms with Gasteiger partial charge in [0.05, 0.1) is 18.8 Å². The number of carbonyl (C=O) groups excluding carboxylic acids is 1. The van der Waals surface area contributed by atoms with Gasteiger partial charge in [0, 0.05) is 25.0 Å². The molecule has 0 radical (unpaired) electrons. The molecule has 0 N–H and O–H groups in total. The fourth-order valence-corrected chi connectivity index (χ4v) is 1.98. The second kappa shape index (κ2) is 5.96. The summed E-state index contributed by atoms with van der Waals surface area (Å²) in [6, 6.07) is 3.84. The first-order chi connectivity index (χ1) is 8.72. The van der Waals surface area contributed by atoms with Crippen molar-refractivity contribution in [2.75, 3.05) is 26.3 Å². The van der Waals surface area contributed by atoms with E-state index in [0.29, 0.717) is 37.8 Å². The number of rotatable bonds is 3. The van der Waals surface area contributed by atoms with Gasteiger partial charge in [0.15, 0.2) is 0 Å². The minimum Gasteiger partial charge on any atom is -0.378 e. The lowest BCUT2D eigenvalue weighted by atomic mass is 10.0. The molecule has 1 aliphatic rings. The van der Waals surface area contributed by atoms with Crippen molar-refractivity contribution < 1.29 is 9.53 Å². The lowest BCUT2D eigenvalue weighted by Crippen LogP contribution is -2.40. The number of carbonyl (C=O) groups is 1. The zero-order valence-corrected chi connectivity index (χ0v) is 11.1. The second-order valence-electron chi connectivity index (χ2n) is 4.69. The van der Waals surface area contributed by atoms with Crippen LogP contribution in [0.15, 0.2) is 18.3 Å². The van der Waals surface area contributed by atoms with Crippen LogP contribution in [0.25, 0.3) is 0 Å². The van der Waals surface area contributed by atoms with Crippen molar-refractivity contribution in [1.29, 1.82) is 0 Å². The van der Waals surface area contributed by atoms with Crippen molar-refractivity contribution in [3.63, 3.8) is 0 Å². The van der Waals surface area contributed by atoms with Gasteiger partial charge in [0.2, 0.25) is 0 Å². The smallest absolute Gasteiger partial charge is 0.255 e. The van der Waals surface area contributed by atoms with Crippen LogP contribution in [-0.2, 0) is 4.74 Å². The molecule has 2 heterocycles. The van der Waals surface area contributed by atoms with Gasteiger partial charge in [-0.2, -0.15) is 0 Å². The van der Waals surface area contributed by atoms with Crippen molar-refractivity contribution in [2.45, 2.75) is 26.2 Å². The fraction of sp³-hybridized carbons (Fsp3) is 0.571. The highest BCUT2D eigenvalue weighted by Crippen LogP contribution is 2.16. The number of amides is 1. The summed E-state index contributed by atoms with van der Waals surface area (Å²) in [5.41, 5.74) is 1.72. The first-order valence-electron chi connectivity index (χ1n) is 6.55. The van der Waals surface area contributed by atoms with Crippen LogP contribution in [0.4, 0.5) is 0 Å². The molecule has 0 bridgehead atoms. The molecule has 0 saturated carbocycles. The minimum absolute atomic E-state index is 0.0569. The largest absolute Gasteiger partial charge is 0.378 e. The van der Waals surface area contributed by atoms with Gasteiger partial charge in [0.25, 0.3) is 5.91 Å². The number of aromatic nitrogens is 1. The van der Waals surface area contributed by atoms with E-state index in [9.17, 15) is 4.79 Å². The average molecular weight is 248 g/mol. The Morgan fingerprint density at radius 3 is 2.72 bits per heavy atom. The van der Waals surface area contributed by atoms with Gasteiger partial charge in [-0.25, -0.2) is 0 Å². The third kappa shape index (κ3) is 2.88. The molecular weight excluding hydrogens is 228 g/mol. The molecule has 0 spiro atoms. The molecule has 1 aromatic rings. The van der Waals surface area contributed by atoms with Crippen LogP contribution in [0, 0.1) is 0 Å². The van der Waals surface area contributed by atoms with Gasteiger partial charge in [-0.3, -0.25) is 9.78 Å². The number of hydrogen-bond donors (Lipinski definition) is 0. The lowest BCUT2D eigenvalue weighted by Gasteiger charge is -2.26. The Morgan fingerprint density at radius 1 is 1.44 bits per heavy atom. The van der Waals surface area contributed by atoms with Crippen molar-refractivity contribution >= 4 is 5.91 Å². The van der Waals surface area contributed by atoms with E-state index in [1.165, 1.54) is 0 Å². The molecule has 18 heavy (non-hydrogen) atoms. The third-order valence-corrected chi connectivity index (χ3v) is 3.45. The highest BCUT2D eigenvalue weighted by atomic mass is 16.5. The third-order valence-electron chi connectivity index (χ3n) is 3.45. The SMILES string of the molecule is CCC(C)c1ccc(C(=O)N2CCOCC2)cn1. The highest BCUT2D eigenvalue weighted by Gasteiger charge is 2.18. The van der Waals surface area contributed by atoms with Crippen LogP contribution >= 0.6 is 0 Å². The molecule has 1 aromatic heterocycles. The summed E-state index contributed by atoms with van der Waals surface area (Å²) in [5.74, 6) is 0.499. The van der Waals surface area contributed by atoms with Crippen LogP contribution in [0.3, 0.4) is 0 Å². The van der Waals surface area contributed by atoms with E-state index in [0.717, 1.165) is 12.1 Å². The van der Waals surface area contributed by atoms with Gasteiger partial charge >= 0.3 is 0 Å². The standard InChI is InChI=1S/C14H20N2O2/c1-3-11(2)13-5-4-12(10-15-13)14(17)16-6-8-18-9-7-16/h4-5,10-11H,3,6-9H2,1-2H3. The molecule has 1 amide bonds. The molecule has 1 fully saturated rings. The van der Waals surface area contributed by atoms with E-state index in [2.05, 4.69) is 18.8 Å². The van der Waals surface area contributed by atoms with Gasteiger partial charge in [-0.05, 0) is 24.5 Å². The first kappa shape index (κ1) is 13.0. The normalized spacial score (nSPS) is 17.6. The van der Waals surface area contributed by atoms with Crippen molar-refractivity contribution in [1.82, 2.24) is 9.88 Å². The molecule has 2 rings (SSSR count). The molecule has 1 atom stereocenters. The van der Waals surface area contributed by atoms with E-state index in [1.807, 2.05) is 17.0 Å². The molecule has 4 nitrogen and oxygen atoms in total. The maximum Gasteiger partial charge on any atom is 0.255 e. The summed E-state index contributed by atoms with van der Waals surface area (Å²) in [6.45, 7) is 6.89. The van der Waals surface area contributed by atoms with Crippen molar-refractivity contribution in [3.05, 3.63) is 29.6 Å². The fourth-order valence-electron chi connectivity index (χ4n) is 1.98. The van der Waals surface area contributed by atoms with E-state index >= 15 is 0 Å². The Hall–Kier alpha value is -1.42. The van der Waals surface area contributed by atoms with Crippen LogP contribution in [0.5, 0.6) is 0 Å². The lowest BCUT2D eigenvalue weighted by molar-refractivity contribution is 0.0302. The van der Waals surface area contributed by atoms with E-state index in [-0.39, 0.29) is 5.91 Å². The summed E-state index contributed by atoms with van der Waals surface area (Å²) in [6.07, 6.45) is 2.75. The van der Waals surface area contributed by atoms with Crippen LogP contribution in [0.1, 0.15) is 42.2 Å². The van der Waals surface area contributed by atoms with Crippen LogP contribution < -0.4 is 0 Å². The molecule has 1 saturated heterocycles. The van der Waals surface area contributed by atoms with E-state index in [1.54, 1.807) is 6.20 Å². The maximum absolute atomic E-state index is 12.2. The van der Waals surface area contributed by atoms with Gasteiger partial charge < -0.3 is 9.64 Å².